The number of hydrogen-bond acceptors (Lipinski definition) is 3. The number of benzene rings is 1. The van der Waals surface area contributed by atoms with Crippen molar-refractivity contribution in [3.8, 4) is 11.1 Å². The first-order chi connectivity index (χ1) is 11.8. The summed E-state index contributed by atoms with van der Waals surface area (Å²) in [5.74, 6) is 0.0231. The van der Waals surface area contributed by atoms with E-state index in [1.807, 2.05) is 24.4 Å². The van der Waals surface area contributed by atoms with Crippen molar-refractivity contribution in [1.82, 2.24) is 9.97 Å². The van der Waals surface area contributed by atoms with Gasteiger partial charge in [0, 0.05) is 25.0 Å². The summed E-state index contributed by atoms with van der Waals surface area (Å²) < 4.78 is 0. The molecule has 1 aromatic carbocycles. The highest BCUT2D eigenvalue weighted by molar-refractivity contribution is 5.90. The summed E-state index contributed by atoms with van der Waals surface area (Å²) >= 11 is 0. The average Bonchev–Trinajstić information content (AvgIpc) is 2.64. The zero-order valence-corrected chi connectivity index (χ0v) is 13.4. The van der Waals surface area contributed by atoms with Crippen molar-refractivity contribution in [2.45, 2.75) is 19.3 Å². The number of rotatable bonds is 6. The van der Waals surface area contributed by atoms with Crippen LogP contribution in [0.1, 0.15) is 18.4 Å². The molecule has 4 nitrogen and oxygen atoms in total. The van der Waals surface area contributed by atoms with Crippen LogP contribution in [-0.4, -0.2) is 15.9 Å². The Bertz CT molecular complexity index is 771. The molecule has 0 spiro atoms. The van der Waals surface area contributed by atoms with Gasteiger partial charge in [0.1, 0.15) is 0 Å². The second-order valence-corrected chi connectivity index (χ2v) is 5.58. The largest absolute Gasteiger partial charge is 0.325 e. The number of hydrogen-bond donors (Lipinski definition) is 1. The van der Waals surface area contributed by atoms with Crippen LogP contribution in [-0.2, 0) is 11.2 Å². The lowest BCUT2D eigenvalue weighted by Crippen LogP contribution is -2.11. The molecule has 0 atom stereocenters. The van der Waals surface area contributed by atoms with Crippen LogP contribution >= 0.6 is 0 Å². The number of aryl methyl sites for hydroxylation is 1. The Morgan fingerprint density at radius 3 is 2.29 bits per heavy atom. The van der Waals surface area contributed by atoms with E-state index in [-0.39, 0.29) is 5.91 Å². The van der Waals surface area contributed by atoms with E-state index >= 15 is 0 Å². The Labute approximate surface area is 141 Å². The van der Waals surface area contributed by atoms with Crippen LogP contribution in [0.2, 0.25) is 0 Å². The number of carbonyl (C=O) groups is 1. The van der Waals surface area contributed by atoms with Crippen molar-refractivity contribution >= 4 is 11.6 Å². The first-order valence-corrected chi connectivity index (χ1v) is 8.00. The fourth-order valence-corrected chi connectivity index (χ4v) is 2.51. The normalized spacial score (nSPS) is 10.3. The van der Waals surface area contributed by atoms with Crippen molar-refractivity contribution in [3.05, 3.63) is 78.9 Å². The highest BCUT2D eigenvalue weighted by atomic mass is 16.1. The van der Waals surface area contributed by atoms with Crippen LogP contribution in [0.3, 0.4) is 0 Å². The summed E-state index contributed by atoms with van der Waals surface area (Å²) in [4.78, 5) is 20.0. The maximum Gasteiger partial charge on any atom is 0.224 e. The molecule has 0 saturated carbocycles. The van der Waals surface area contributed by atoms with Crippen molar-refractivity contribution in [2.75, 3.05) is 5.32 Å². The van der Waals surface area contributed by atoms with Gasteiger partial charge in [0.15, 0.2) is 0 Å². The van der Waals surface area contributed by atoms with Crippen LogP contribution in [0, 0.1) is 0 Å². The number of aromatic nitrogens is 2. The highest BCUT2D eigenvalue weighted by Crippen LogP contribution is 2.19. The summed E-state index contributed by atoms with van der Waals surface area (Å²) in [5, 5.41) is 2.85. The van der Waals surface area contributed by atoms with Gasteiger partial charge in [-0.2, -0.15) is 0 Å². The quantitative estimate of drug-likeness (QED) is 0.744. The lowest BCUT2D eigenvalue weighted by molar-refractivity contribution is -0.116. The van der Waals surface area contributed by atoms with Gasteiger partial charge >= 0.3 is 0 Å². The molecule has 0 aliphatic heterocycles. The van der Waals surface area contributed by atoms with E-state index in [0.29, 0.717) is 6.42 Å². The molecule has 1 N–H and O–H groups in total. The van der Waals surface area contributed by atoms with Gasteiger partial charge in [-0.15, -0.1) is 0 Å². The van der Waals surface area contributed by atoms with Crippen molar-refractivity contribution < 1.29 is 4.79 Å². The molecule has 0 aliphatic carbocycles. The third-order valence-electron chi connectivity index (χ3n) is 3.76. The maximum absolute atomic E-state index is 11.9. The second kappa shape index (κ2) is 8.02. The molecule has 0 fully saturated rings. The van der Waals surface area contributed by atoms with Gasteiger partial charge in [-0.1, -0.05) is 30.3 Å². The van der Waals surface area contributed by atoms with Crippen molar-refractivity contribution in [1.29, 1.82) is 0 Å². The maximum atomic E-state index is 11.9. The highest BCUT2D eigenvalue weighted by Gasteiger charge is 2.03. The molecule has 2 heterocycles. The second-order valence-electron chi connectivity index (χ2n) is 5.58. The smallest absolute Gasteiger partial charge is 0.224 e. The van der Waals surface area contributed by atoms with Gasteiger partial charge in [0.05, 0.1) is 11.9 Å². The summed E-state index contributed by atoms with van der Waals surface area (Å²) in [6.07, 6.45) is 9.16. The summed E-state index contributed by atoms with van der Waals surface area (Å²) in [5.41, 5.74) is 4.24. The summed E-state index contributed by atoms with van der Waals surface area (Å²) in [6, 6.07) is 16.0. The van der Waals surface area contributed by atoms with Gasteiger partial charge in [0.2, 0.25) is 5.91 Å². The standard InChI is InChI=1S/C20H19N3O/c24-20(23-19-6-3-13-22-15-19)7-1-4-16-8-10-17(11-9-16)18-5-2-12-21-14-18/h2-3,5-6,8-15H,1,4,7H2,(H,23,24). The molecular formula is C20H19N3O. The summed E-state index contributed by atoms with van der Waals surface area (Å²) in [6.45, 7) is 0. The molecule has 3 rings (SSSR count). The average molecular weight is 317 g/mol. The number of carbonyl (C=O) groups excluding carboxylic acids is 1. The number of amides is 1. The van der Waals surface area contributed by atoms with Gasteiger partial charge < -0.3 is 5.32 Å². The van der Waals surface area contributed by atoms with E-state index in [4.69, 9.17) is 0 Å². The Kier molecular flexibility index (Phi) is 5.30. The Balaban J connectivity index is 1.48. The van der Waals surface area contributed by atoms with Crippen LogP contribution in [0.4, 0.5) is 5.69 Å². The molecule has 4 heteroatoms. The molecule has 0 unspecified atom stereocenters. The minimum absolute atomic E-state index is 0.0231. The predicted octanol–water partition coefficient (Wildman–Crippen LogP) is 4.11. The molecule has 2 aromatic heterocycles. The monoisotopic (exact) mass is 317 g/mol. The molecule has 24 heavy (non-hydrogen) atoms. The molecule has 0 saturated heterocycles. The predicted molar refractivity (Wildman–Crippen MR) is 95.5 cm³/mol. The van der Waals surface area contributed by atoms with Crippen LogP contribution in [0.25, 0.3) is 11.1 Å². The van der Waals surface area contributed by atoms with Gasteiger partial charge in [-0.25, -0.2) is 0 Å². The number of nitrogens with one attached hydrogen (secondary N) is 1. The zero-order chi connectivity index (χ0) is 16.6. The summed E-state index contributed by atoms with van der Waals surface area (Å²) in [7, 11) is 0. The third-order valence-corrected chi connectivity index (χ3v) is 3.76. The number of anilines is 1. The first-order valence-electron chi connectivity index (χ1n) is 8.00. The first kappa shape index (κ1) is 15.9. The van der Waals surface area contributed by atoms with E-state index in [9.17, 15) is 4.79 Å². The minimum Gasteiger partial charge on any atom is -0.325 e. The Hall–Kier alpha value is -3.01. The SMILES string of the molecule is O=C(CCCc1ccc(-c2cccnc2)cc1)Nc1cccnc1. The van der Waals surface area contributed by atoms with Crippen LogP contribution in [0.15, 0.2) is 73.3 Å². The molecular weight excluding hydrogens is 298 g/mol. The number of nitrogens with zero attached hydrogens (tertiary/aromatic N) is 2. The molecule has 120 valence electrons. The Morgan fingerprint density at radius 1 is 0.875 bits per heavy atom. The fourth-order valence-electron chi connectivity index (χ4n) is 2.51. The van der Waals surface area contributed by atoms with Crippen LogP contribution < -0.4 is 5.32 Å². The topological polar surface area (TPSA) is 54.9 Å². The lowest BCUT2D eigenvalue weighted by atomic mass is 10.0. The van der Waals surface area contributed by atoms with Crippen molar-refractivity contribution in [2.24, 2.45) is 0 Å². The molecule has 0 radical (unpaired) electrons. The van der Waals surface area contributed by atoms with E-state index in [1.165, 1.54) is 5.56 Å². The molecule has 0 bridgehead atoms. The van der Waals surface area contributed by atoms with E-state index in [2.05, 4.69) is 39.6 Å². The van der Waals surface area contributed by atoms with E-state index in [0.717, 1.165) is 29.7 Å². The zero-order valence-electron chi connectivity index (χ0n) is 13.4. The van der Waals surface area contributed by atoms with Gasteiger partial charge in [-0.3, -0.25) is 14.8 Å². The molecule has 3 aromatic rings. The fraction of sp³-hybridized carbons (Fsp3) is 0.150. The van der Waals surface area contributed by atoms with Crippen LogP contribution in [0.5, 0.6) is 0 Å². The number of pyridine rings is 2. The molecule has 1 amide bonds. The van der Waals surface area contributed by atoms with Crippen molar-refractivity contribution in [3.63, 3.8) is 0 Å². The Morgan fingerprint density at radius 2 is 1.62 bits per heavy atom. The van der Waals surface area contributed by atoms with E-state index in [1.54, 1.807) is 24.7 Å². The lowest BCUT2D eigenvalue weighted by Gasteiger charge is -2.06. The third kappa shape index (κ3) is 4.49. The van der Waals surface area contributed by atoms with Gasteiger partial charge in [0.25, 0.3) is 0 Å². The molecule has 0 aliphatic rings. The van der Waals surface area contributed by atoms with Gasteiger partial charge in [-0.05, 0) is 47.7 Å². The van der Waals surface area contributed by atoms with E-state index < -0.39 is 0 Å². The minimum atomic E-state index is 0.0231.